The molecule has 0 saturated carbocycles. The van der Waals surface area contributed by atoms with Crippen molar-refractivity contribution in [2.45, 2.75) is 0 Å². The van der Waals surface area contributed by atoms with E-state index in [9.17, 15) is 0 Å². The molecule has 1 nitrogen and oxygen atoms in total. The van der Waals surface area contributed by atoms with E-state index in [-0.39, 0.29) is 0 Å². The summed E-state index contributed by atoms with van der Waals surface area (Å²) in [5.41, 5.74) is 2.71. The van der Waals surface area contributed by atoms with E-state index < -0.39 is 0 Å². The Balaban J connectivity index is 2.62. The molecule has 2 aromatic carbocycles. The lowest BCUT2D eigenvalue weighted by molar-refractivity contribution is 1.44. The third kappa shape index (κ3) is 3.05. The maximum absolute atomic E-state index is 9.02. The second-order valence-electron chi connectivity index (χ2n) is 3.58. The summed E-state index contributed by atoms with van der Waals surface area (Å²) < 4.78 is 3.57. The Morgan fingerprint density at radius 2 is 1.17 bits per heavy atom. The average molecular weight is 495 g/mol. The van der Waals surface area contributed by atoms with Gasteiger partial charge in [-0.15, -0.1) is 0 Å². The van der Waals surface area contributed by atoms with Crippen LogP contribution in [0.4, 0.5) is 0 Å². The predicted octanol–water partition coefficient (Wildman–Crippen LogP) is 6.28. The van der Waals surface area contributed by atoms with Gasteiger partial charge in [-0.2, -0.15) is 5.26 Å². The smallest absolute Gasteiger partial charge is 0.102 e. The summed E-state index contributed by atoms with van der Waals surface area (Å²) in [5.74, 6) is 0. The van der Waals surface area contributed by atoms with Crippen LogP contribution < -0.4 is 0 Å². The summed E-state index contributed by atoms with van der Waals surface area (Å²) in [6.07, 6.45) is 0. The molecular weight excluding hydrogens is 490 g/mol. The van der Waals surface area contributed by atoms with Crippen molar-refractivity contribution in [3.05, 3.63) is 53.8 Å². The summed E-state index contributed by atoms with van der Waals surface area (Å²) in [6.45, 7) is 0. The lowest BCUT2D eigenvalue weighted by atomic mass is 10.0. The van der Waals surface area contributed by atoms with Gasteiger partial charge in [-0.1, -0.05) is 31.9 Å². The lowest BCUT2D eigenvalue weighted by Crippen LogP contribution is -1.85. The van der Waals surface area contributed by atoms with E-state index in [0.717, 1.165) is 29.0 Å². The number of hydrogen-bond donors (Lipinski definition) is 0. The molecule has 0 unspecified atom stereocenters. The molecule has 18 heavy (non-hydrogen) atoms. The third-order valence-electron chi connectivity index (χ3n) is 2.35. The van der Waals surface area contributed by atoms with Crippen LogP contribution in [0.5, 0.6) is 0 Å². The zero-order valence-electron chi connectivity index (χ0n) is 8.85. The Hall–Kier alpha value is -0.150. The molecule has 0 fully saturated rings. The normalized spacial score (nSPS) is 10.2. The largest absolute Gasteiger partial charge is 0.192 e. The van der Waals surface area contributed by atoms with Crippen LogP contribution >= 0.6 is 63.7 Å². The first-order valence-electron chi connectivity index (χ1n) is 4.87. The molecule has 2 rings (SSSR count). The second kappa shape index (κ2) is 5.87. The highest BCUT2D eigenvalue weighted by Crippen LogP contribution is 2.34. The van der Waals surface area contributed by atoms with Crippen LogP contribution in [0.3, 0.4) is 0 Å². The SMILES string of the molecule is N#Cc1c(Br)cc(-c2cc(Br)cc(Br)c2)cc1Br. The van der Waals surface area contributed by atoms with Gasteiger partial charge in [-0.25, -0.2) is 0 Å². The summed E-state index contributed by atoms with van der Waals surface area (Å²) >= 11 is 13.8. The minimum Gasteiger partial charge on any atom is -0.192 e. The van der Waals surface area contributed by atoms with Gasteiger partial charge in [0.15, 0.2) is 0 Å². The van der Waals surface area contributed by atoms with E-state index in [1.165, 1.54) is 0 Å². The van der Waals surface area contributed by atoms with Crippen LogP contribution in [-0.2, 0) is 0 Å². The average Bonchev–Trinajstić information content (AvgIpc) is 2.27. The molecular formula is C13H5Br4N. The van der Waals surface area contributed by atoms with Crippen LogP contribution in [0.2, 0.25) is 0 Å². The molecule has 0 radical (unpaired) electrons. The second-order valence-corrected chi connectivity index (χ2v) is 7.12. The van der Waals surface area contributed by atoms with Gasteiger partial charge in [-0.05, 0) is 73.3 Å². The molecule has 90 valence electrons. The molecule has 0 saturated heterocycles. The highest BCUT2D eigenvalue weighted by atomic mass is 79.9. The van der Waals surface area contributed by atoms with Gasteiger partial charge in [0.05, 0.1) is 5.56 Å². The molecule has 0 heterocycles. The Kier molecular flexibility index (Phi) is 4.65. The minimum absolute atomic E-state index is 0.604. The number of benzene rings is 2. The summed E-state index contributed by atoms with van der Waals surface area (Å²) in [5, 5.41) is 9.02. The Labute approximate surface area is 139 Å². The monoisotopic (exact) mass is 491 g/mol. The van der Waals surface area contributed by atoms with Crippen LogP contribution in [0.1, 0.15) is 5.56 Å². The zero-order chi connectivity index (χ0) is 13.3. The Morgan fingerprint density at radius 1 is 0.722 bits per heavy atom. The Morgan fingerprint density at radius 3 is 1.61 bits per heavy atom. The van der Waals surface area contributed by atoms with E-state index in [4.69, 9.17) is 5.26 Å². The summed E-state index contributed by atoms with van der Waals surface area (Å²) in [6, 6.07) is 12.1. The van der Waals surface area contributed by atoms with Gasteiger partial charge in [0.2, 0.25) is 0 Å². The van der Waals surface area contributed by atoms with Crippen molar-refractivity contribution >= 4 is 63.7 Å². The van der Waals surface area contributed by atoms with E-state index >= 15 is 0 Å². The van der Waals surface area contributed by atoms with Gasteiger partial charge in [0, 0.05) is 17.9 Å². The fraction of sp³-hybridized carbons (Fsp3) is 0. The highest BCUT2D eigenvalue weighted by Gasteiger charge is 2.09. The van der Waals surface area contributed by atoms with Gasteiger partial charge in [0.25, 0.3) is 0 Å². The fourth-order valence-corrected chi connectivity index (χ4v) is 4.22. The number of hydrogen-bond acceptors (Lipinski definition) is 1. The van der Waals surface area contributed by atoms with Gasteiger partial charge < -0.3 is 0 Å². The van der Waals surface area contributed by atoms with Gasteiger partial charge in [-0.3, -0.25) is 0 Å². The quantitative estimate of drug-likeness (QED) is 0.458. The van der Waals surface area contributed by atoms with Crippen LogP contribution in [-0.4, -0.2) is 0 Å². The first-order chi connectivity index (χ1) is 8.51. The topological polar surface area (TPSA) is 23.8 Å². The molecule has 5 heteroatoms. The van der Waals surface area contributed by atoms with Crippen molar-refractivity contribution in [3.8, 4) is 17.2 Å². The maximum atomic E-state index is 9.02. The minimum atomic E-state index is 0.604. The van der Waals surface area contributed by atoms with Crippen molar-refractivity contribution in [1.82, 2.24) is 0 Å². The molecule has 0 N–H and O–H groups in total. The molecule has 0 bridgehead atoms. The predicted molar refractivity (Wildman–Crippen MR) is 87.4 cm³/mol. The number of nitrogens with zero attached hydrogens (tertiary/aromatic N) is 1. The summed E-state index contributed by atoms with van der Waals surface area (Å²) in [7, 11) is 0. The first-order valence-corrected chi connectivity index (χ1v) is 8.04. The van der Waals surface area contributed by atoms with E-state index in [1.807, 2.05) is 30.3 Å². The molecule has 0 aliphatic carbocycles. The fourth-order valence-electron chi connectivity index (χ4n) is 1.57. The van der Waals surface area contributed by atoms with Gasteiger partial charge in [0.1, 0.15) is 6.07 Å². The lowest BCUT2D eigenvalue weighted by Gasteiger charge is -2.07. The first kappa shape index (κ1) is 14.3. The molecule has 0 aromatic heterocycles. The molecule has 0 amide bonds. The van der Waals surface area contributed by atoms with Crippen molar-refractivity contribution in [1.29, 1.82) is 5.26 Å². The van der Waals surface area contributed by atoms with Crippen LogP contribution in [0.25, 0.3) is 11.1 Å². The standard InChI is InChI=1S/C13H5Br4N/c14-9-1-7(2-10(15)5-9)8-3-12(16)11(6-18)13(17)4-8/h1-5H. The highest BCUT2D eigenvalue weighted by molar-refractivity contribution is 9.11. The van der Waals surface area contributed by atoms with Crippen molar-refractivity contribution in [3.63, 3.8) is 0 Å². The molecule has 0 aliphatic heterocycles. The molecule has 0 spiro atoms. The maximum Gasteiger partial charge on any atom is 0.102 e. The molecule has 0 aliphatic rings. The zero-order valence-corrected chi connectivity index (χ0v) is 15.2. The van der Waals surface area contributed by atoms with E-state index in [0.29, 0.717) is 5.56 Å². The number of rotatable bonds is 1. The van der Waals surface area contributed by atoms with Crippen LogP contribution in [0.15, 0.2) is 48.2 Å². The third-order valence-corrected chi connectivity index (χ3v) is 4.52. The van der Waals surface area contributed by atoms with E-state index in [1.54, 1.807) is 0 Å². The van der Waals surface area contributed by atoms with Crippen LogP contribution in [0, 0.1) is 11.3 Å². The summed E-state index contributed by atoms with van der Waals surface area (Å²) in [4.78, 5) is 0. The number of halogens is 4. The molecule has 0 atom stereocenters. The molecule has 2 aromatic rings. The van der Waals surface area contributed by atoms with Crippen molar-refractivity contribution < 1.29 is 0 Å². The Bertz CT molecular complexity index is 615. The van der Waals surface area contributed by atoms with Gasteiger partial charge >= 0.3 is 0 Å². The van der Waals surface area contributed by atoms with Crippen molar-refractivity contribution in [2.75, 3.05) is 0 Å². The van der Waals surface area contributed by atoms with E-state index in [2.05, 4.69) is 69.8 Å². The number of nitriles is 1. The van der Waals surface area contributed by atoms with Crippen molar-refractivity contribution in [2.24, 2.45) is 0 Å².